The third-order valence-corrected chi connectivity index (χ3v) is 4.81. The number of ether oxygens (including phenoxy) is 1. The van der Waals surface area contributed by atoms with Crippen molar-refractivity contribution in [2.45, 2.75) is 84.5 Å². The van der Waals surface area contributed by atoms with Crippen molar-refractivity contribution in [1.82, 2.24) is 0 Å². The summed E-state index contributed by atoms with van der Waals surface area (Å²) in [5.41, 5.74) is 6.26. The summed E-state index contributed by atoms with van der Waals surface area (Å²) >= 11 is 1.81. The molecule has 1 rings (SSSR count). The van der Waals surface area contributed by atoms with Gasteiger partial charge in [0.25, 0.3) is 0 Å². The van der Waals surface area contributed by atoms with Crippen LogP contribution in [0.3, 0.4) is 0 Å². The summed E-state index contributed by atoms with van der Waals surface area (Å²) in [6.07, 6.45) is 7.61. The van der Waals surface area contributed by atoms with Crippen molar-refractivity contribution in [3.63, 3.8) is 0 Å². The topological polar surface area (TPSA) is 35.2 Å². The summed E-state index contributed by atoms with van der Waals surface area (Å²) in [5, 5.41) is 0. The summed E-state index contributed by atoms with van der Waals surface area (Å²) in [6.45, 7) is 8.70. The molecule has 0 fully saturated rings. The van der Waals surface area contributed by atoms with Gasteiger partial charge in [0, 0.05) is 15.8 Å². The fraction of sp³-hybridized carbons (Fsp3) is 0.765. The molecule has 2 nitrogen and oxygen atoms in total. The lowest BCUT2D eigenvalue weighted by molar-refractivity contribution is -0.0210. The van der Waals surface area contributed by atoms with Crippen LogP contribution in [-0.4, -0.2) is 12.1 Å². The lowest BCUT2D eigenvalue weighted by Crippen LogP contribution is -2.31. The Labute approximate surface area is 128 Å². The zero-order chi connectivity index (χ0) is 15.0. The van der Waals surface area contributed by atoms with Crippen LogP contribution in [0.2, 0.25) is 0 Å². The van der Waals surface area contributed by atoms with Gasteiger partial charge in [0.15, 0.2) is 0 Å². The van der Waals surface area contributed by atoms with Crippen LogP contribution >= 0.6 is 11.3 Å². The molecule has 0 aromatic carbocycles. The maximum Gasteiger partial charge on any atom is 0.107 e. The Balaban J connectivity index is 2.52. The minimum atomic E-state index is 0.0554. The average molecular weight is 298 g/mol. The first-order chi connectivity index (χ1) is 9.58. The Morgan fingerprint density at radius 2 is 1.95 bits per heavy atom. The normalized spacial score (nSPS) is 16.1. The SMILES string of the molecule is CCCCCCC(C)OC(c1ccc(C)s1)C(N)CC. The standard InChI is InChI=1S/C17H31NOS/c1-5-7-8-9-10-13(3)19-17(15(18)6-2)16-12-11-14(4)20-16/h11-13,15,17H,5-10,18H2,1-4H3. The number of hydrogen-bond acceptors (Lipinski definition) is 3. The fourth-order valence-corrected chi connectivity index (χ4v) is 3.37. The van der Waals surface area contributed by atoms with Gasteiger partial charge in [-0.05, 0) is 38.8 Å². The molecule has 3 heteroatoms. The lowest BCUT2D eigenvalue weighted by Gasteiger charge is -2.26. The van der Waals surface area contributed by atoms with Crippen molar-refractivity contribution in [2.75, 3.05) is 0 Å². The van der Waals surface area contributed by atoms with Gasteiger partial charge < -0.3 is 10.5 Å². The molecule has 1 heterocycles. The third kappa shape index (κ3) is 5.94. The summed E-state index contributed by atoms with van der Waals surface area (Å²) in [5.74, 6) is 0. The Morgan fingerprint density at radius 1 is 1.20 bits per heavy atom. The van der Waals surface area contributed by atoms with Crippen molar-refractivity contribution >= 4 is 11.3 Å². The molecule has 1 aromatic rings. The van der Waals surface area contributed by atoms with E-state index in [1.807, 2.05) is 11.3 Å². The van der Waals surface area contributed by atoms with Crippen molar-refractivity contribution in [3.05, 3.63) is 21.9 Å². The number of hydrogen-bond donors (Lipinski definition) is 1. The molecular weight excluding hydrogens is 266 g/mol. The largest absolute Gasteiger partial charge is 0.368 e. The highest BCUT2D eigenvalue weighted by molar-refractivity contribution is 7.12. The van der Waals surface area contributed by atoms with Gasteiger partial charge in [-0.1, -0.05) is 39.5 Å². The van der Waals surface area contributed by atoms with Crippen LogP contribution in [-0.2, 0) is 4.74 Å². The molecule has 3 unspecified atom stereocenters. The van der Waals surface area contributed by atoms with Crippen LogP contribution in [0.25, 0.3) is 0 Å². The van der Waals surface area contributed by atoms with Gasteiger partial charge in [0.05, 0.1) is 6.10 Å². The van der Waals surface area contributed by atoms with Gasteiger partial charge in [-0.25, -0.2) is 0 Å². The van der Waals surface area contributed by atoms with Crippen LogP contribution in [0, 0.1) is 6.92 Å². The number of aryl methyl sites for hydroxylation is 1. The molecule has 20 heavy (non-hydrogen) atoms. The molecule has 2 N–H and O–H groups in total. The van der Waals surface area contributed by atoms with E-state index in [4.69, 9.17) is 10.5 Å². The van der Waals surface area contributed by atoms with E-state index in [-0.39, 0.29) is 18.2 Å². The molecule has 0 radical (unpaired) electrons. The highest BCUT2D eigenvalue weighted by atomic mass is 32.1. The average Bonchev–Trinajstić information content (AvgIpc) is 2.86. The molecular formula is C17H31NOS. The zero-order valence-electron chi connectivity index (χ0n) is 13.5. The maximum atomic E-state index is 6.27. The van der Waals surface area contributed by atoms with E-state index >= 15 is 0 Å². The Kier molecular flexibility index (Phi) is 8.43. The predicted molar refractivity (Wildman–Crippen MR) is 89.4 cm³/mol. The molecule has 0 aliphatic carbocycles. The molecule has 0 saturated heterocycles. The molecule has 0 amide bonds. The number of thiophene rings is 1. The van der Waals surface area contributed by atoms with Crippen LogP contribution in [0.15, 0.2) is 12.1 Å². The second-order valence-corrected chi connectivity index (χ2v) is 7.06. The highest BCUT2D eigenvalue weighted by Gasteiger charge is 2.23. The monoisotopic (exact) mass is 297 g/mol. The van der Waals surface area contributed by atoms with Crippen LogP contribution in [0.5, 0.6) is 0 Å². The van der Waals surface area contributed by atoms with E-state index in [1.54, 1.807) is 0 Å². The minimum Gasteiger partial charge on any atom is -0.368 e. The predicted octanol–water partition coefficient (Wildman–Crippen LogP) is 5.21. The van der Waals surface area contributed by atoms with Crippen LogP contribution < -0.4 is 5.73 Å². The number of unbranched alkanes of at least 4 members (excludes halogenated alkanes) is 3. The number of nitrogens with two attached hydrogens (primary N) is 1. The Morgan fingerprint density at radius 3 is 2.50 bits per heavy atom. The van der Waals surface area contributed by atoms with Crippen molar-refractivity contribution in [2.24, 2.45) is 5.73 Å². The van der Waals surface area contributed by atoms with Crippen molar-refractivity contribution < 1.29 is 4.74 Å². The lowest BCUT2D eigenvalue weighted by atomic mass is 10.1. The molecule has 0 spiro atoms. The van der Waals surface area contributed by atoms with Gasteiger partial charge in [-0.2, -0.15) is 0 Å². The second kappa shape index (κ2) is 9.54. The van der Waals surface area contributed by atoms with Gasteiger partial charge >= 0.3 is 0 Å². The first-order valence-corrected chi connectivity index (χ1v) is 8.87. The van der Waals surface area contributed by atoms with E-state index in [9.17, 15) is 0 Å². The molecule has 0 aliphatic heterocycles. The van der Waals surface area contributed by atoms with Gasteiger partial charge in [0.1, 0.15) is 6.10 Å². The van der Waals surface area contributed by atoms with E-state index in [1.165, 1.54) is 35.4 Å². The molecule has 1 aromatic heterocycles. The third-order valence-electron chi connectivity index (χ3n) is 3.74. The van der Waals surface area contributed by atoms with E-state index < -0.39 is 0 Å². The van der Waals surface area contributed by atoms with E-state index in [2.05, 4.69) is 39.8 Å². The molecule has 0 saturated carbocycles. The maximum absolute atomic E-state index is 6.27. The summed E-state index contributed by atoms with van der Waals surface area (Å²) in [6, 6.07) is 4.42. The summed E-state index contributed by atoms with van der Waals surface area (Å²) in [4.78, 5) is 2.60. The minimum absolute atomic E-state index is 0.0554. The first-order valence-electron chi connectivity index (χ1n) is 8.05. The van der Waals surface area contributed by atoms with Gasteiger partial charge in [-0.15, -0.1) is 11.3 Å². The van der Waals surface area contributed by atoms with Crippen molar-refractivity contribution in [3.8, 4) is 0 Å². The zero-order valence-corrected chi connectivity index (χ0v) is 14.3. The van der Waals surface area contributed by atoms with E-state index in [0.29, 0.717) is 0 Å². The van der Waals surface area contributed by atoms with E-state index in [0.717, 1.165) is 12.8 Å². The summed E-state index contributed by atoms with van der Waals surface area (Å²) < 4.78 is 6.27. The molecule has 116 valence electrons. The van der Waals surface area contributed by atoms with Crippen LogP contribution in [0.1, 0.15) is 75.2 Å². The summed E-state index contributed by atoms with van der Waals surface area (Å²) in [7, 11) is 0. The fourth-order valence-electron chi connectivity index (χ4n) is 2.38. The smallest absolute Gasteiger partial charge is 0.107 e. The quantitative estimate of drug-likeness (QED) is 0.602. The Bertz CT molecular complexity index is 364. The second-order valence-electron chi connectivity index (χ2n) is 5.74. The molecule has 3 atom stereocenters. The number of rotatable bonds is 10. The highest BCUT2D eigenvalue weighted by Crippen LogP contribution is 2.30. The molecule has 0 aliphatic rings. The van der Waals surface area contributed by atoms with Crippen LogP contribution in [0.4, 0.5) is 0 Å². The first kappa shape index (κ1) is 17.7. The van der Waals surface area contributed by atoms with Gasteiger partial charge in [0.2, 0.25) is 0 Å². The van der Waals surface area contributed by atoms with Crippen molar-refractivity contribution in [1.29, 1.82) is 0 Å². The molecule has 0 bridgehead atoms. The Hall–Kier alpha value is -0.380. The van der Waals surface area contributed by atoms with Gasteiger partial charge in [-0.3, -0.25) is 0 Å².